The van der Waals surface area contributed by atoms with Crippen LogP contribution in [0.5, 0.6) is 0 Å². The van der Waals surface area contributed by atoms with Crippen molar-refractivity contribution in [2.24, 2.45) is 22.2 Å². The quantitative estimate of drug-likeness (QED) is 0.308. The Morgan fingerprint density at radius 1 is 1.29 bits per heavy atom. The first-order chi connectivity index (χ1) is 14.1. The number of rotatable bonds is 5. The van der Waals surface area contributed by atoms with E-state index in [1.165, 1.54) is 0 Å². The molecule has 2 saturated heterocycles. The second-order valence-electron chi connectivity index (χ2n) is 10.7. The molecule has 0 aromatic carbocycles. The van der Waals surface area contributed by atoms with E-state index in [1.54, 1.807) is 0 Å². The molecule has 2 heterocycles. The summed E-state index contributed by atoms with van der Waals surface area (Å²) in [5.41, 5.74) is -0.311. The number of nitrogens with one attached hydrogen (secondary N) is 2. The van der Waals surface area contributed by atoms with Crippen LogP contribution < -0.4 is 10.6 Å². The molecule has 3 fully saturated rings. The summed E-state index contributed by atoms with van der Waals surface area (Å²) in [6.07, 6.45) is 4.48. The minimum absolute atomic E-state index is 0. The largest absolute Gasteiger partial charge is 0.444 e. The number of aliphatic imine (C=N–C) groups is 1. The minimum atomic E-state index is -0.445. The first-order valence-electron chi connectivity index (χ1n) is 11.8. The van der Waals surface area contributed by atoms with E-state index in [0.29, 0.717) is 24.0 Å². The molecule has 4 unspecified atom stereocenters. The molecule has 0 aromatic heterocycles. The Balaban J connectivity index is 0.00000341. The van der Waals surface area contributed by atoms with Crippen LogP contribution in [-0.4, -0.2) is 67.5 Å². The minimum Gasteiger partial charge on any atom is -0.444 e. The fourth-order valence-corrected chi connectivity index (χ4v) is 5.24. The molecule has 2 N–H and O–H groups in total. The lowest BCUT2D eigenvalue weighted by Gasteiger charge is -2.54. The molecule has 7 nitrogen and oxygen atoms in total. The molecule has 31 heavy (non-hydrogen) atoms. The Kier molecular flexibility index (Phi) is 9.31. The predicted molar refractivity (Wildman–Crippen MR) is 135 cm³/mol. The normalized spacial score (nSPS) is 30.0. The third kappa shape index (κ3) is 6.62. The van der Waals surface area contributed by atoms with Crippen molar-refractivity contribution in [3.8, 4) is 0 Å². The number of carbonyl (C=O) groups excluding carboxylic acids is 1. The molecular formula is C23H43IN4O3. The first kappa shape index (κ1) is 26.5. The highest BCUT2D eigenvalue weighted by atomic mass is 127. The lowest BCUT2D eigenvalue weighted by molar-refractivity contribution is -0.106. The van der Waals surface area contributed by atoms with Gasteiger partial charge in [-0.1, -0.05) is 13.8 Å². The number of carbonyl (C=O) groups is 1. The maximum atomic E-state index is 12.4. The molecule has 3 aliphatic rings. The van der Waals surface area contributed by atoms with Gasteiger partial charge in [0, 0.05) is 50.2 Å². The van der Waals surface area contributed by atoms with E-state index in [-0.39, 0.29) is 35.5 Å². The number of likely N-dealkylation sites (tertiary alicyclic amines) is 1. The van der Waals surface area contributed by atoms with Crippen LogP contribution in [-0.2, 0) is 9.47 Å². The molecule has 0 spiro atoms. The monoisotopic (exact) mass is 550 g/mol. The fraction of sp³-hybridized carbons (Fsp3) is 0.913. The van der Waals surface area contributed by atoms with Gasteiger partial charge in [-0.25, -0.2) is 4.79 Å². The lowest BCUT2D eigenvalue weighted by atomic mass is 9.57. The molecule has 1 amide bonds. The van der Waals surface area contributed by atoms with Crippen LogP contribution >= 0.6 is 24.0 Å². The zero-order chi connectivity index (χ0) is 21.9. The van der Waals surface area contributed by atoms with Crippen LogP contribution in [0.2, 0.25) is 0 Å². The molecular weight excluding hydrogens is 507 g/mol. The molecule has 1 aliphatic carbocycles. The van der Waals surface area contributed by atoms with Crippen LogP contribution in [0.25, 0.3) is 0 Å². The molecule has 3 rings (SSSR count). The third-order valence-corrected chi connectivity index (χ3v) is 6.71. The second-order valence-corrected chi connectivity index (χ2v) is 10.7. The number of fused-ring (bicyclic) bond motifs is 1. The van der Waals surface area contributed by atoms with Crippen LogP contribution in [0, 0.1) is 17.3 Å². The number of ether oxygens (including phenoxy) is 2. The lowest BCUT2D eigenvalue weighted by Crippen LogP contribution is -2.68. The number of hydrogen-bond donors (Lipinski definition) is 2. The van der Waals surface area contributed by atoms with Crippen LogP contribution in [0.4, 0.5) is 4.79 Å². The van der Waals surface area contributed by atoms with Crippen LogP contribution in [0.3, 0.4) is 0 Å². The van der Waals surface area contributed by atoms with Gasteiger partial charge in [-0.15, -0.1) is 24.0 Å². The molecule has 2 aliphatic heterocycles. The number of guanidine groups is 1. The van der Waals surface area contributed by atoms with Crippen LogP contribution in [0.1, 0.15) is 67.2 Å². The van der Waals surface area contributed by atoms with E-state index in [2.05, 4.69) is 31.4 Å². The molecule has 0 radical (unpaired) electrons. The Hall–Kier alpha value is -0.770. The number of piperidine rings is 1. The standard InChI is InChI=1S/C23H42N4O3.HI/c1-7-24-20(26-18-17-11-14-29-19(17)23(18,5)6)25-12-10-16-9-8-13-27(15-16)21(28)30-22(2,3)4;/h16-19H,7-15H2,1-6H3,(H2,24,25,26);1H. The summed E-state index contributed by atoms with van der Waals surface area (Å²) in [5.74, 6) is 1.97. The summed E-state index contributed by atoms with van der Waals surface area (Å²) in [6, 6.07) is 0.403. The van der Waals surface area contributed by atoms with Crippen molar-refractivity contribution in [2.75, 3.05) is 32.8 Å². The molecule has 4 atom stereocenters. The van der Waals surface area contributed by atoms with E-state index >= 15 is 0 Å². The van der Waals surface area contributed by atoms with Crippen LogP contribution in [0.15, 0.2) is 4.99 Å². The van der Waals surface area contributed by atoms with Crippen molar-refractivity contribution in [1.29, 1.82) is 0 Å². The van der Waals surface area contributed by atoms with Crippen molar-refractivity contribution in [3.05, 3.63) is 0 Å². The maximum Gasteiger partial charge on any atom is 0.410 e. The van der Waals surface area contributed by atoms with Gasteiger partial charge in [0.2, 0.25) is 0 Å². The van der Waals surface area contributed by atoms with E-state index in [9.17, 15) is 4.79 Å². The van der Waals surface area contributed by atoms with Gasteiger partial charge in [-0.3, -0.25) is 4.99 Å². The summed E-state index contributed by atoms with van der Waals surface area (Å²) in [5, 5.41) is 7.08. The molecule has 0 bridgehead atoms. The number of halogens is 1. The molecule has 1 saturated carbocycles. The van der Waals surface area contributed by atoms with Crippen molar-refractivity contribution in [3.63, 3.8) is 0 Å². The zero-order valence-electron chi connectivity index (χ0n) is 20.2. The Bertz CT molecular complexity index is 635. The van der Waals surface area contributed by atoms with Gasteiger partial charge in [0.15, 0.2) is 5.96 Å². The van der Waals surface area contributed by atoms with Gasteiger partial charge >= 0.3 is 6.09 Å². The average molecular weight is 551 g/mol. The number of nitrogens with zero attached hydrogens (tertiary/aromatic N) is 2. The third-order valence-electron chi connectivity index (χ3n) is 6.71. The van der Waals surface area contributed by atoms with E-state index < -0.39 is 5.60 Å². The van der Waals surface area contributed by atoms with Gasteiger partial charge in [0.25, 0.3) is 0 Å². The number of hydrogen-bond acceptors (Lipinski definition) is 4. The summed E-state index contributed by atoms with van der Waals surface area (Å²) >= 11 is 0. The topological polar surface area (TPSA) is 75.2 Å². The van der Waals surface area contributed by atoms with Gasteiger partial charge in [0.05, 0.1) is 6.10 Å². The molecule has 180 valence electrons. The van der Waals surface area contributed by atoms with Gasteiger partial charge < -0.3 is 25.0 Å². The van der Waals surface area contributed by atoms with Gasteiger partial charge in [0.1, 0.15) is 5.60 Å². The van der Waals surface area contributed by atoms with Gasteiger partial charge in [-0.05, 0) is 59.3 Å². The summed E-state index contributed by atoms with van der Waals surface area (Å²) < 4.78 is 11.5. The maximum absolute atomic E-state index is 12.4. The highest BCUT2D eigenvalue weighted by Crippen LogP contribution is 2.52. The summed E-state index contributed by atoms with van der Waals surface area (Å²) in [6.45, 7) is 16.5. The van der Waals surface area contributed by atoms with E-state index in [4.69, 9.17) is 14.5 Å². The highest BCUT2D eigenvalue weighted by molar-refractivity contribution is 14.0. The van der Waals surface area contributed by atoms with E-state index in [1.807, 2.05) is 25.7 Å². The molecule has 8 heteroatoms. The second kappa shape index (κ2) is 10.9. The van der Waals surface area contributed by atoms with E-state index in [0.717, 1.165) is 64.4 Å². The Morgan fingerprint density at radius 2 is 2.03 bits per heavy atom. The SMILES string of the molecule is CCNC(=NCCC1CCCN(C(=O)OC(C)(C)C)C1)NC1C2CCOC2C1(C)C.I. The molecule has 0 aromatic rings. The summed E-state index contributed by atoms with van der Waals surface area (Å²) in [4.78, 5) is 19.1. The smallest absolute Gasteiger partial charge is 0.410 e. The first-order valence-corrected chi connectivity index (χ1v) is 11.8. The Labute approximate surface area is 205 Å². The van der Waals surface area contributed by atoms with Crippen molar-refractivity contribution in [2.45, 2.75) is 85.0 Å². The van der Waals surface area contributed by atoms with Gasteiger partial charge in [-0.2, -0.15) is 0 Å². The van der Waals surface area contributed by atoms with Crippen molar-refractivity contribution in [1.82, 2.24) is 15.5 Å². The predicted octanol–water partition coefficient (Wildman–Crippen LogP) is 4.01. The average Bonchev–Trinajstić information content (AvgIpc) is 3.12. The fourth-order valence-electron chi connectivity index (χ4n) is 5.24. The number of amides is 1. The summed E-state index contributed by atoms with van der Waals surface area (Å²) in [7, 11) is 0. The highest BCUT2D eigenvalue weighted by Gasteiger charge is 2.59. The van der Waals surface area contributed by atoms with Crippen molar-refractivity contribution >= 4 is 36.0 Å². The van der Waals surface area contributed by atoms with Crippen molar-refractivity contribution < 1.29 is 14.3 Å². The zero-order valence-corrected chi connectivity index (χ0v) is 22.5. The Morgan fingerprint density at radius 3 is 2.71 bits per heavy atom.